The standard InChI is InChI=1S/C13H21S/c1-4-5-6-11-14(3)13-9-7-12(2)8-10-13/h7-10H,4-6,11H2,1-3H3/q+1. The maximum Gasteiger partial charge on any atom is 0.154 e. The van der Waals surface area contributed by atoms with Gasteiger partial charge in [0, 0.05) is 10.9 Å². The minimum Gasteiger partial charge on any atom is -0.0654 e. The van der Waals surface area contributed by atoms with Gasteiger partial charge in [-0.15, -0.1) is 0 Å². The van der Waals surface area contributed by atoms with Crippen molar-refractivity contribution >= 4 is 10.9 Å². The topological polar surface area (TPSA) is 0 Å². The molecule has 78 valence electrons. The summed E-state index contributed by atoms with van der Waals surface area (Å²) in [6.45, 7) is 4.41. The highest BCUT2D eigenvalue weighted by atomic mass is 32.2. The van der Waals surface area contributed by atoms with Crippen LogP contribution in [0.25, 0.3) is 0 Å². The number of aryl methyl sites for hydroxylation is 1. The minimum absolute atomic E-state index is 0.457. The third-order valence-corrected chi connectivity index (χ3v) is 4.46. The lowest BCUT2D eigenvalue weighted by atomic mass is 10.2. The molecule has 0 aliphatic heterocycles. The molecule has 1 heteroatoms. The van der Waals surface area contributed by atoms with Gasteiger partial charge in [-0.25, -0.2) is 0 Å². The van der Waals surface area contributed by atoms with E-state index in [0.29, 0.717) is 10.9 Å². The van der Waals surface area contributed by atoms with Crippen LogP contribution in [0, 0.1) is 6.92 Å². The van der Waals surface area contributed by atoms with Gasteiger partial charge < -0.3 is 0 Å². The summed E-state index contributed by atoms with van der Waals surface area (Å²) in [5.41, 5.74) is 1.36. The molecule has 0 amide bonds. The van der Waals surface area contributed by atoms with E-state index in [9.17, 15) is 0 Å². The molecule has 0 aliphatic rings. The molecule has 0 saturated carbocycles. The molecule has 0 spiro atoms. The second-order valence-corrected chi connectivity index (χ2v) is 6.02. The lowest BCUT2D eigenvalue weighted by Crippen LogP contribution is -2.05. The summed E-state index contributed by atoms with van der Waals surface area (Å²) in [5, 5.41) is 0. The molecule has 0 fully saturated rings. The lowest BCUT2D eigenvalue weighted by molar-refractivity contribution is 0.777. The van der Waals surface area contributed by atoms with Crippen LogP contribution in [-0.4, -0.2) is 12.0 Å². The van der Waals surface area contributed by atoms with Crippen LogP contribution in [0.4, 0.5) is 0 Å². The second kappa shape index (κ2) is 6.13. The fraction of sp³-hybridized carbons (Fsp3) is 0.538. The predicted octanol–water partition coefficient (Wildman–Crippen LogP) is 3.79. The number of hydrogen-bond donors (Lipinski definition) is 0. The number of unbranched alkanes of at least 4 members (excludes halogenated alkanes) is 2. The summed E-state index contributed by atoms with van der Waals surface area (Å²) in [7, 11) is 0.457. The van der Waals surface area contributed by atoms with Crippen molar-refractivity contribution in [3.8, 4) is 0 Å². The van der Waals surface area contributed by atoms with Crippen LogP contribution in [0.2, 0.25) is 0 Å². The quantitative estimate of drug-likeness (QED) is 0.511. The van der Waals surface area contributed by atoms with E-state index < -0.39 is 0 Å². The van der Waals surface area contributed by atoms with Crippen molar-refractivity contribution in [1.82, 2.24) is 0 Å². The van der Waals surface area contributed by atoms with E-state index in [0.717, 1.165) is 0 Å². The van der Waals surface area contributed by atoms with Crippen LogP contribution in [0.3, 0.4) is 0 Å². The summed E-state index contributed by atoms with van der Waals surface area (Å²) in [4.78, 5) is 1.52. The molecule has 0 aliphatic carbocycles. The number of hydrogen-bond acceptors (Lipinski definition) is 0. The first-order valence-corrected chi connectivity index (χ1v) is 7.23. The molecule has 0 nitrogen and oxygen atoms in total. The molecule has 0 heterocycles. The van der Waals surface area contributed by atoms with E-state index >= 15 is 0 Å². The third kappa shape index (κ3) is 3.75. The fourth-order valence-electron chi connectivity index (χ4n) is 1.46. The summed E-state index contributed by atoms with van der Waals surface area (Å²) in [6.07, 6.45) is 6.44. The molecule has 1 unspecified atom stereocenters. The third-order valence-electron chi connectivity index (χ3n) is 2.48. The summed E-state index contributed by atoms with van der Waals surface area (Å²) >= 11 is 0. The molecule has 14 heavy (non-hydrogen) atoms. The maximum absolute atomic E-state index is 2.36. The summed E-state index contributed by atoms with van der Waals surface area (Å²) in [6, 6.07) is 9.01. The Labute approximate surface area is 91.1 Å². The number of benzene rings is 1. The smallest absolute Gasteiger partial charge is 0.0654 e. The van der Waals surface area contributed by atoms with Gasteiger partial charge in [-0.2, -0.15) is 0 Å². The maximum atomic E-state index is 2.36. The molecular weight excluding hydrogens is 188 g/mol. The normalized spacial score (nSPS) is 12.8. The van der Waals surface area contributed by atoms with Gasteiger partial charge in [-0.3, -0.25) is 0 Å². The average Bonchev–Trinajstić information content (AvgIpc) is 2.19. The predicted molar refractivity (Wildman–Crippen MR) is 67.1 cm³/mol. The molecule has 0 N–H and O–H groups in total. The van der Waals surface area contributed by atoms with Gasteiger partial charge in [0.15, 0.2) is 4.90 Å². The SMILES string of the molecule is CCCCC[S+](C)c1ccc(C)cc1. The van der Waals surface area contributed by atoms with Crippen molar-refractivity contribution in [3.05, 3.63) is 29.8 Å². The Morgan fingerprint density at radius 2 is 1.71 bits per heavy atom. The minimum atomic E-state index is 0.457. The monoisotopic (exact) mass is 209 g/mol. The first-order valence-electron chi connectivity index (χ1n) is 5.43. The molecule has 0 bridgehead atoms. The Kier molecular flexibility index (Phi) is 5.10. The first-order chi connectivity index (χ1) is 6.74. The van der Waals surface area contributed by atoms with Crippen molar-refractivity contribution in [1.29, 1.82) is 0 Å². The van der Waals surface area contributed by atoms with Crippen LogP contribution in [0.1, 0.15) is 31.7 Å². The highest BCUT2D eigenvalue weighted by Gasteiger charge is 2.13. The van der Waals surface area contributed by atoms with E-state index in [1.807, 2.05) is 0 Å². The zero-order valence-electron chi connectivity index (χ0n) is 9.55. The van der Waals surface area contributed by atoms with Gasteiger partial charge >= 0.3 is 0 Å². The fourth-order valence-corrected chi connectivity index (χ4v) is 2.93. The van der Waals surface area contributed by atoms with E-state index in [2.05, 4.69) is 44.4 Å². The molecular formula is C13H21S+. The van der Waals surface area contributed by atoms with Crippen molar-refractivity contribution in [2.75, 3.05) is 12.0 Å². The Morgan fingerprint density at radius 3 is 2.29 bits per heavy atom. The van der Waals surface area contributed by atoms with Gasteiger partial charge in [0.05, 0.1) is 0 Å². The lowest BCUT2D eigenvalue weighted by Gasteiger charge is -2.02. The van der Waals surface area contributed by atoms with Gasteiger partial charge in [0.2, 0.25) is 0 Å². The molecule has 0 aromatic heterocycles. The van der Waals surface area contributed by atoms with Gasteiger partial charge in [0.25, 0.3) is 0 Å². The molecule has 1 rings (SSSR count). The highest BCUT2D eigenvalue weighted by Crippen LogP contribution is 2.14. The zero-order valence-corrected chi connectivity index (χ0v) is 10.4. The summed E-state index contributed by atoms with van der Waals surface area (Å²) in [5.74, 6) is 1.36. The van der Waals surface area contributed by atoms with Crippen LogP contribution < -0.4 is 0 Å². The van der Waals surface area contributed by atoms with Crippen molar-refractivity contribution in [3.63, 3.8) is 0 Å². The second-order valence-electron chi connectivity index (χ2n) is 3.86. The molecule has 0 radical (unpaired) electrons. The van der Waals surface area contributed by atoms with Crippen LogP contribution in [0.15, 0.2) is 29.2 Å². The van der Waals surface area contributed by atoms with E-state index in [-0.39, 0.29) is 0 Å². The zero-order chi connectivity index (χ0) is 10.4. The number of rotatable bonds is 5. The highest BCUT2D eigenvalue weighted by molar-refractivity contribution is 7.96. The van der Waals surface area contributed by atoms with Crippen LogP contribution in [0.5, 0.6) is 0 Å². The van der Waals surface area contributed by atoms with E-state index in [1.54, 1.807) is 0 Å². The Balaban J connectivity index is 2.43. The van der Waals surface area contributed by atoms with Crippen LogP contribution >= 0.6 is 0 Å². The van der Waals surface area contributed by atoms with Crippen molar-refractivity contribution in [2.45, 2.75) is 38.0 Å². The summed E-state index contributed by atoms with van der Waals surface area (Å²) < 4.78 is 0. The Morgan fingerprint density at radius 1 is 1.07 bits per heavy atom. The van der Waals surface area contributed by atoms with Crippen molar-refractivity contribution < 1.29 is 0 Å². The van der Waals surface area contributed by atoms with Gasteiger partial charge in [-0.05, 0) is 31.9 Å². The average molecular weight is 209 g/mol. The molecule has 1 aromatic rings. The van der Waals surface area contributed by atoms with E-state index in [4.69, 9.17) is 0 Å². The van der Waals surface area contributed by atoms with Crippen molar-refractivity contribution in [2.24, 2.45) is 0 Å². The Bertz CT molecular complexity index is 250. The molecule has 0 saturated heterocycles. The van der Waals surface area contributed by atoms with Gasteiger partial charge in [0.1, 0.15) is 12.0 Å². The van der Waals surface area contributed by atoms with Gasteiger partial charge in [-0.1, -0.05) is 31.0 Å². The molecule has 1 aromatic carbocycles. The first kappa shape index (κ1) is 11.6. The molecule has 1 atom stereocenters. The van der Waals surface area contributed by atoms with Crippen LogP contribution in [-0.2, 0) is 10.9 Å². The van der Waals surface area contributed by atoms with E-state index in [1.165, 1.54) is 35.5 Å². The largest absolute Gasteiger partial charge is 0.154 e. The Hall–Kier alpha value is -0.430.